The first-order valence-corrected chi connectivity index (χ1v) is 8.43. The Labute approximate surface area is 80.5 Å². The van der Waals surface area contributed by atoms with Gasteiger partial charge in [-0.1, -0.05) is 37.9 Å². The zero-order valence-electron chi connectivity index (χ0n) is 8.50. The Morgan fingerprint density at radius 3 is 2.62 bits per heavy atom. The summed E-state index contributed by atoms with van der Waals surface area (Å²) in [5.74, 6) is 1.13. The molecule has 2 heteroatoms. The molecular weight excluding hydrogens is 176 g/mol. The second-order valence-corrected chi connectivity index (χ2v) is 10.1. The standard InChI is InChI=1S/C11H16OSi/c1-13(2,3)10-7-8-5-4-6-9(8)11(10)12/h4,6-9H,5H2,1-3H3/t8-,9-/m1/s1. The van der Waals surface area contributed by atoms with Crippen LogP contribution < -0.4 is 0 Å². The number of carbonyl (C=O) groups excluding carboxylic acids is 1. The number of allylic oxidation sites excluding steroid dienone is 4. The van der Waals surface area contributed by atoms with E-state index in [-0.39, 0.29) is 5.92 Å². The van der Waals surface area contributed by atoms with E-state index >= 15 is 0 Å². The number of rotatable bonds is 1. The van der Waals surface area contributed by atoms with Gasteiger partial charge in [-0.2, -0.15) is 0 Å². The third kappa shape index (κ3) is 1.33. The summed E-state index contributed by atoms with van der Waals surface area (Å²) >= 11 is 0. The summed E-state index contributed by atoms with van der Waals surface area (Å²) < 4.78 is 0. The number of ketones is 1. The fourth-order valence-electron chi connectivity index (χ4n) is 2.22. The predicted octanol–water partition coefficient (Wildman–Crippen LogP) is 2.57. The van der Waals surface area contributed by atoms with Gasteiger partial charge in [0.1, 0.15) is 0 Å². The van der Waals surface area contributed by atoms with E-state index in [1.807, 2.05) is 0 Å². The number of hydrogen-bond donors (Lipinski definition) is 0. The maximum Gasteiger partial charge on any atom is 0.162 e. The van der Waals surface area contributed by atoms with Crippen molar-refractivity contribution in [2.45, 2.75) is 26.1 Å². The maximum absolute atomic E-state index is 11.9. The molecule has 0 fully saturated rings. The van der Waals surface area contributed by atoms with Crippen molar-refractivity contribution in [2.75, 3.05) is 0 Å². The van der Waals surface area contributed by atoms with Gasteiger partial charge < -0.3 is 0 Å². The van der Waals surface area contributed by atoms with Crippen molar-refractivity contribution in [3.8, 4) is 0 Å². The molecule has 2 atom stereocenters. The molecule has 0 saturated heterocycles. The molecule has 0 N–H and O–H groups in total. The van der Waals surface area contributed by atoms with Crippen molar-refractivity contribution >= 4 is 13.9 Å². The highest BCUT2D eigenvalue weighted by molar-refractivity contribution is 6.87. The Morgan fingerprint density at radius 1 is 1.38 bits per heavy atom. The zero-order chi connectivity index (χ0) is 9.64. The van der Waals surface area contributed by atoms with E-state index in [1.165, 1.54) is 5.20 Å². The van der Waals surface area contributed by atoms with Crippen molar-refractivity contribution in [1.82, 2.24) is 0 Å². The molecular formula is C11H16OSi. The van der Waals surface area contributed by atoms with Crippen LogP contribution in [0.4, 0.5) is 0 Å². The lowest BCUT2D eigenvalue weighted by Crippen LogP contribution is -2.29. The molecule has 1 nitrogen and oxygen atoms in total. The minimum atomic E-state index is -1.38. The number of hydrogen-bond acceptors (Lipinski definition) is 1. The van der Waals surface area contributed by atoms with E-state index in [0.717, 1.165) is 6.42 Å². The molecule has 0 aromatic rings. The third-order valence-corrected chi connectivity index (χ3v) is 5.00. The van der Waals surface area contributed by atoms with Crippen LogP contribution in [-0.4, -0.2) is 13.9 Å². The van der Waals surface area contributed by atoms with Crippen molar-refractivity contribution < 1.29 is 4.79 Å². The van der Waals surface area contributed by atoms with Gasteiger partial charge in [-0.15, -0.1) is 0 Å². The molecule has 0 amide bonds. The molecule has 2 aliphatic rings. The van der Waals surface area contributed by atoms with Gasteiger partial charge >= 0.3 is 0 Å². The Bertz CT molecular complexity index is 307. The van der Waals surface area contributed by atoms with E-state index in [1.54, 1.807) is 0 Å². The summed E-state index contributed by atoms with van der Waals surface area (Å²) in [7, 11) is -1.38. The van der Waals surface area contributed by atoms with Gasteiger partial charge in [0.25, 0.3) is 0 Å². The lowest BCUT2D eigenvalue weighted by atomic mass is 9.99. The number of carbonyl (C=O) groups is 1. The Morgan fingerprint density at radius 2 is 2.08 bits per heavy atom. The molecule has 0 aliphatic heterocycles. The fourth-order valence-corrected chi connectivity index (χ4v) is 3.84. The van der Waals surface area contributed by atoms with E-state index in [9.17, 15) is 4.79 Å². The largest absolute Gasteiger partial charge is 0.294 e. The van der Waals surface area contributed by atoms with Crippen LogP contribution in [0.25, 0.3) is 0 Å². The van der Waals surface area contributed by atoms with Crippen molar-refractivity contribution in [2.24, 2.45) is 11.8 Å². The second kappa shape index (κ2) is 2.68. The molecule has 0 bridgehead atoms. The van der Waals surface area contributed by atoms with Crippen LogP contribution >= 0.6 is 0 Å². The van der Waals surface area contributed by atoms with Gasteiger partial charge in [0.2, 0.25) is 0 Å². The van der Waals surface area contributed by atoms with Crippen LogP contribution in [-0.2, 0) is 4.79 Å². The minimum absolute atomic E-state index is 0.210. The quantitative estimate of drug-likeness (QED) is 0.461. The summed E-state index contributed by atoms with van der Waals surface area (Å²) in [6.07, 6.45) is 7.56. The highest BCUT2D eigenvalue weighted by atomic mass is 28.3. The van der Waals surface area contributed by atoms with Crippen LogP contribution in [0.1, 0.15) is 6.42 Å². The minimum Gasteiger partial charge on any atom is -0.294 e. The third-order valence-electron chi connectivity index (χ3n) is 2.97. The van der Waals surface area contributed by atoms with Gasteiger partial charge in [0.15, 0.2) is 5.78 Å². The Kier molecular flexibility index (Phi) is 1.84. The second-order valence-electron chi connectivity index (χ2n) is 5.05. The van der Waals surface area contributed by atoms with Crippen LogP contribution in [0.2, 0.25) is 19.6 Å². The van der Waals surface area contributed by atoms with Crippen molar-refractivity contribution in [1.29, 1.82) is 0 Å². The molecule has 0 spiro atoms. The first-order chi connectivity index (χ1) is 6.00. The molecule has 0 saturated carbocycles. The summed E-state index contributed by atoms with van der Waals surface area (Å²) in [5, 5.41) is 1.17. The summed E-state index contributed by atoms with van der Waals surface area (Å²) in [5.41, 5.74) is 0. The maximum atomic E-state index is 11.9. The van der Waals surface area contributed by atoms with Gasteiger partial charge in [-0.25, -0.2) is 0 Å². The molecule has 13 heavy (non-hydrogen) atoms. The highest BCUT2D eigenvalue weighted by Crippen LogP contribution is 2.38. The monoisotopic (exact) mass is 192 g/mol. The van der Waals surface area contributed by atoms with Gasteiger partial charge in [-0.05, 0) is 17.5 Å². The molecule has 2 aliphatic carbocycles. The van der Waals surface area contributed by atoms with E-state index in [2.05, 4.69) is 37.9 Å². The smallest absolute Gasteiger partial charge is 0.162 e. The average molecular weight is 192 g/mol. The molecule has 0 unspecified atom stereocenters. The van der Waals surface area contributed by atoms with Crippen LogP contribution in [0.5, 0.6) is 0 Å². The molecule has 0 aromatic carbocycles. The Balaban J connectivity index is 2.30. The van der Waals surface area contributed by atoms with Gasteiger partial charge in [-0.3, -0.25) is 4.79 Å². The number of Topliss-reactive ketones (excluding diaryl/α,β-unsaturated/α-hetero) is 1. The van der Waals surface area contributed by atoms with E-state index in [0.29, 0.717) is 11.7 Å². The highest BCUT2D eigenvalue weighted by Gasteiger charge is 2.40. The van der Waals surface area contributed by atoms with E-state index in [4.69, 9.17) is 0 Å². The molecule has 70 valence electrons. The Hall–Kier alpha value is -0.633. The van der Waals surface area contributed by atoms with Crippen molar-refractivity contribution in [3.05, 3.63) is 23.4 Å². The van der Waals surface area contributed by atoms with Crippen LogP contribution in [0.3, 0.4) is 0 Å². The van der Waals surface area contributed by atoms with Gasteiger partial charge in [0, 0.05) is 5.92 Å². The van der Waals surface area contributed by atoms with E-state index < -0.39 is 8.07 Å². The molecule has 2 rings (SSSR count). The first-order valence-electron chi connectivity index (χ1n) is 4.93. The van der Waals surface area contributed by atoms with Gasteiger partial charge in [0.05, 0.1) is 8.07 Å². The number of fused-ring (bicyclic) bond motifs is 1. The lowest BCUT2D eigenvalue weighted by molar-refractivity contribution is -0.117. The topological polar surface area (TPSA) is 17.1 Å². The average Bonchev–Trinajstić information content (AvgIpc) is 2.51. The molecule has 0 aromatic heterocycles. The van der Waals surface area contributed by atoms with Crippen LogP contribution in [0.15, 0.2) is 23.4 Å². The summed E-state index contributed by atoms with van der Waals surface area (Å²) in [6, 6.07) is 0. The van der Waals surface area contributed by atoms with Crippen LogP contribution in [0, 0.1) is 11.8 Å². The molecule has 0 heterocycles. The first kappa shape index (κ1) is 8.94. The predicted molar refractivity (Wildman–Crippen MR) is 57.2 cm³/mol. The fraction of sp³-hybridized carbons (Fsp3) is 0.545. The summed E-state index contributed by atoms with van der Waals surface area (Å²) in [4.78, 5) is 11.9. The normalized spacial score (nSPS) is 32.2. The SMILES string of the molecule is C[Si](C)(C)C1=C[C@H]2CC=C[C@H]2C1=O. The zero-order valence-corrected chi connectivity index (χ0v) is 9.50. The van der Waals surface area contributed by atoms with Crippen molar-refractivity contribution in [3.63, 3.8) is 0 Å². The summed E-state index contributed by atoms with van der Waals surface area (Å²) in [6.45, 7) is 6.75. The molecule has 0 radical (unpaired) electrons. The lowest BCUT2D eigenvalue weighted by Gasteiger charge is -2.17.